The van der Waals surface area contributed by atoms with Crippen LogP contribution < -0.4 is 5.32 Å². The zero-order valence-corrected chi connectivity index (χ0v) is 12.5. The Morgan fingerprint density at radius 2 is 2.25 bits per heavy atom. The molecular formula is C14H19ClN4O. The van der Waals surface area contributed by atoms with Gasteiger partial charge < -0.3 is 10.1 Å². The maximum Gasteiger partial charge on any atom is 0.141 e. The Kier molecular flexibility index (Phi) is 5.52. The second-order valence-corrected chi connectivity index (χ2v) is 5.01. The Balaban J connectivity index is 2.01. The molecule has 1 aromatic heterocycles. The number of nitrogens with one attached hydrogen (secondary N) is 1. The Bertz CT molecular complexity index is 556. The topological polar surface area (TPSA) is 52.0 Å². The Morgan fingerprint density at radius 1 is 1.40 bits per heavy atom. The van der Waals surface area contributed by atoms with E-state index < -0.39 is 0 Å². The fourth-order valence-corrected chi connectivity index (χ4v) is 2.17. The van der Waals surface area contributed by atoms with E-state index in [2.05, 4.69) is 21.5 Å². The van der Waals surface area contributed by atoms with E-state index in [-0.39, 0.29) is 0 Å². The molecule has 0 aliphatic heterocycles. The van der Waals surface area contributed by atoms with Gasteiger partial charge in [0, 0.05) is 18.7 Å². The van der Waals surface area contributed by atoms with Crippen LogP contribution in [0.15, 0.2) is 24.5 Å². The molecular weight excluding hydrogens is 276 g/mol. The number of benzene rings is 1. The molecule has 108 valence electrons. The summed E-state index contributed by atoms with van der Waals surface area (Å²) >= 11 is 6.25. The molecule has 0 bridgehead atoms. The summed E-state index contributed by atoms with van der Waals surface area (Å²) in [5.74, 6) is 0.887. The molecule has 0 fully saturated rings. The van der Waals surface area contributed by atoms with Crippen molar-refractivity contribution in [1.82, 2.24) is 20.1 Å². The van der Waals surface area contributed by atoms with Gasteiger partial charge in [-0.15, -0.1) is 0 Å². The minimum absolute atomic E-state index is 0.625. The van der Waals surface area contributed by atoms with Crippen LogP contribution in [0.1, 0.15) is 17.0 Å². The van der Waals surface area contributed by atoms with Crippen molar-refractivity contribution < 1.29 is 4.74 Å². The number of rotatable bonds is 7. The van der Waals surface area contributed by atoms with E-state index >= 15 is 0 Å². The van der Waals surface area contributed by atoms with Gasteiger partial charge in [0.05, 0.1) is 19.7 Å². The van der Waals surface area contributed by atoms with Crippen LogP contribution in [0.25, 0.3) is 0 Å². The molecule has 1 aromatic carbocycles. The molecule has 5 nitrogen and oxygen atoms in total. The molecule has 1 N–H and O–H groups in total. The van der Waals surface area contributed by atoms with Crippen LogP contribution >= 0.6 is 11.6 Å². The summed E-state index contributed by atoms with van der Waals surface area (Å²) in [6.45, 7) is 4.77. The highest BCUT2D eigenvalue weighted by molar-refractivity contribution is 6.31. The van der Waals surface area contributed by atoms with Crippen LogP contribution in [0, 0.1) is 6.92 Å². The molecule has 0 radical (unpaired) electrons. The normalized spacial score (nSPS) is 10.9. The van der Waals surface area contributed by atoms with Gasteiger partial charge >= 0.3 is 0 Å². The number of nitrogens with zero attached hydrogens (tertiary/aromatic N) is 3. The van der Waals surface area contributed by atoms with E-state index in [0.29, 0.717) is 19.7 Å². The Morgan fingerprint density at radius 3 is 3.00 bits per heavy atom. The SMILES string of the molecule is COCCNCc1ncnn1Cc1ccc(C)cc1Cl. The maximum atomic E-state index is 6.25. The molecule has 2 rings (SSSR count). The van der Waals surface area contributed by atoms with Gasteiger partial charge in [-0.05, 0) is 24.1 Å². The van der Waals surface area contributed by atoms with Gasteiger partial charge in [-0.1, -0.05) is 23.7 Å². The molecule has 6 heteroatoms. The van der Waals surface area contributed by atoms with Crippen LogP contribution in [0.5, 0.6) is 0 Å². The van der Waals surface area contributed by atoms with E-state index in [0.717, 1.165) is 28.5 Å². The number of ether oxygens (including phenoxy) is 1. The van der Waals surface area contributed by atoms with E-state index in [9.17, 15) is 0 Å². The summed E-state index contributed by atoms with van der Waals surface area (Å²) in [5.41, 5.74) is 2.19. The molecule has 0 aliphatic rings. The van der Waals surface area contributed by atoms with E-state index in [1.807, 2.05) is 23.7 Å². The molecule has 0 spiro atoms. The van der Waals surface area contributed by atoms with E-state index in [1.165, 1.54) is 0 Å². The van der Waals surface area contributed by atoms with E-state index in [1.54, 1.807) is 13.4 Å². The minimum atomic E-state index is 0.625. The third kappa shape index (κ3) is 4.03. The average Bonchev–Trinajstić information content (AvgIpc) is 2.85. The molecule has 0 saturated carbocycles. The van der Waals surface area contributed by atoms with E-state index in [4.69, 9.17) is 16.3 Å². The van der Waals surface area contributed by atoms with Gasteiger partial charge in [-0.3, -0.25) is 0 Å². The van der Waals surface area contributed by atoms with Crippen LogP contribution in [0.4, 0.5) is 0 Å². The zero-order valence-electron chi connectivity index (χ0n) is 11.8. The highest BCUT2D eigenvalue weighted by Crippen LogP contribution is 2.18. The molecule has 0 atom stereocenters. The summed E-state index contributed by atoms with van der Waals surface area (Å²) in [6, 6.07) is 6.04. The van der Waals surface area contributed by atoms with Crippen LogP contribution in [0.3, 0.4) is 0 Å². The van der Waals surface area contributed by atoms with Gasteiger partial charge in [0.25, 0.3) is 0 Å². The van der Waals surface area contributed by atoms with Crippen molar-refractivity contribution in [3.8, 4) is 0 Å². The van der Waals surface area contributed by atoms with Gasteiger partial charge in [-0.2, -0.15) is 5.10 Å². The highest BCUT2D eigenvalue weighted by atomic mass is 35.5. The molecule has 2 aromatic rings. The second-order valence-electron chi connectivity index (χ2n) is 4.60. The van der Waals surface area contributed by atoms with Crippen LogP contribution in [-0.4, -0.2) is 35.0 Å². The molecule has 0 amide bonds. The van der Waals surface area contributed by atoms with Gasteiger partial charge in [0.2, 0.25) is 0 Å². The Hall–Kier alpha value is -1.43. The van der Waals surface area contributed by atoms with Gasteiger partial charge in [0.15, 0.2) is 0 Å². The first kappa shape index (κ1) is 15.0. The van der Waals surface area contributed by atoms with Gasteiger partial charge in [-0.25, -0.2) is 9.67 Å². The number of aromatic nitrogens is 3. The summed E-state index contributed by atoms with van der Waals surface area (Å²) in [6.07, 6.45) is 1.56. The molecule has 0 aliphatic carbocycles. The number of hydrogen-bond acceptors (Lipinski definition) is 4. The van der Waals surface area contributed by atoms with Crippen molar-refractivity contribution in [2.45, 2.75) is 20.0 Å². The molecule has 20 heavy (non-hydrogen) atoms. The quantitative estimate of drug-likeness (QED) is 0.794. The first-order chi connectivity index (χ1) is 9.70. The van der Waals surface area contributed by atoms with Crippen LogP contribution in [0.2, 0.25) is 5.02 Å². The lowest BCUT2D eigenvalue weighted by Gasteiger charge is -2.09. The summed E-state index contributed by atoms with van der Waals surface area (Å²) in [4.78, 5) is 4.26. The van der Waals surface area contributed by atoms with Crippen molar-refractivity contribution in [1.29, 1.82) is 0 Å². The van der Waals surface area contributed by atoms with Crippen molar-refractivity contribution in [2.75, 3.05) is 20.3 Å². The molecule has 0 unspecified atom stereocenters. The standard InChI is InChI=1S/C14H19ClN4O/c1-11-3-4-12(13(15)7-11)9-19-14(17-10-18-19)8-16-5-6-20-2/h3-4,7,10,16H,5-6,8-9H2,1-2H3. The lowest BCUT2D eigenvalue weighted by molar-refractivity contribution is 0.198. The first-order valence-electron chi connectivity index (χ1n) is 6.52. The lowest BCUT2D eigenvalue weighted by atomic mass is 10.1. The van der Waals surface area contributed by atoms with Crippen LogP contribution in [-0.2, 0) is 17.8 Å². The van der Waals surface area contributed by atoms with Crippen molar-refractivity contribution in [3.05, 3.63) is 46.5 Å². The minimum Gasteiger partial charge on any atom is -0.383 e. The fourth-order valence-electron chi connectivity index (χ4n) is 1.87. The largest absolute Gasteiger partial charge is 0.383 e. The summed E-state index contributed by atoms with van der Waals surface area (Å²) < 4.78 is 6.85. The number of hydrogen-bond donors (Lipinski definition) is 1. The second kappa shape index (κ2) is 7.38. The first-order valence-corrected chi connectivity index (χ1v) is 6.90. The molecule has 1 heterocycles. The predicted octanol–water partition coefficient (Wildman–Crippen LogP) is 2.02. The predicted molar refractivity (Wildman–Crippen MR) is 78.9 cm³/mol. The fraction of sp³-hybridized carbons (Fsp3) is 0.429. The summed E-state index contributed by atoms with van der Waals surface area (Å²) in [5, 5.41) is 8.27. The number of aryl methyl sites for hydroxylation is 1. The van der Waals surface area contributed by atoms with Gasteiger partial charge in [0.1, 0.15) is 12.2 Å². The van der Waals surface area contributed by atoms with Crippen molar-refractivity contribution >= 4 is 11.6 Å². The third-order valence-corrected chi connectivity index (χ3v) is 3.34. The Labute approximate surface area is 123 Å². The molecule has 0 saturated heterocycles. The number of methoxy groups -OCH3 is 1. The summed E-state index contributed by atoms with van der Waals surface area (Å²) in [7, 11) is 1.68. The smallest absolute Gasteiger partial charge is 0.141 e. The average molecular weight is 295 g/mol. The maximum absolute atomic E-state index is 6.25. The third-order valence-electron chi connectivity index (χ3n) is 2.99. The lowest BCUT2D eigenvalue weighted by Crippen LogP contribution is -2.21. The number of halogens is 1. The van der Waals surface area contributed by atoms with Crippen molar-refractivity contribution in [3.63, 3.8) is 0 Å². The van der Waals surface area contributed by atoms with Crippen molar-refractivity contribution in [2.24, 2.45) is 0 Å². The highest BCUT2D eigenvalue weighted by Gasteiger charge is 2.07. The monoisotopic (exact) mass is 294 g/mol. The zero-order chi connectivity index (χ0) is 14.4.